The first-order valence-corrected chi connectivity index (χ1v) is 5.23. The van der Waals surface area contributed by atoms with E-state index in [1.807, 2.05) is 18.2 Å². The van der Waals surface area contributed by atoms with Crippen LogP contribution in [0.25, 0.3) is 0 Å². The van der Waals surface area contributed by atoms with Gasteiger partial charge in [0.2, 0.25) is 5.91 Å². The number of benzene rings is 1. The average molecular weight is 216 g/mol. The van der Waals surface area contributed by atoms with Crippen LogP contribution in [0.2, 0.25) is 0 Å². The van der Waals surface area contributed by atoms with Crippen molar-refractivity contribution in [2.45, 2.75) is 19.8 Å². The van der Waals surface area contributed by atoms with Crippen LogP contribution in [-0.2, 0) is 11.2 Å². The van der Waals surface area contributed by atoms with Crippen LogP contribution in [0, 0.1) is 11.8 Å². The Kier molecular flexibility index (Phi) is 4.94. The molecule has 0 aromatic heterocycles. The summed E-state index contributed by atoms with van der Waals surface area (Å²) in [5, 5.41) is 2.80. The van der Waals surface area contributed by atoms with Crippen molar-refractivity contribution >= 4 is 11.6 Å². The van der Waals surface area contributed by atoms with Crippen molar-refractivity contribution in [2.75, 3.05) is 12.3 Å². The summed E-state index contributed by atoms with van der Waals surface area (Å²) < 4.78 is 0. The summed E-state index contributed by atoms with van der Waals surface area (Å²) >= 11 is 0. The van der Waals surface area contributed by atoms with Gasteiger partial charge < -0.3 is 11.1 Å². The van der Waals surface area contributed by atoms with Gasteiger partial charge in [-0.3, -0.25) is 4.79 Å². The molecule has 0 saturated carbocycles. The summed E-state index contributed by atoms with van der Waals surface area (Å²) in [5.41, 5.74) is 7.26. The third-order valence-electron chi connectivity index (χ3n) is 2.16. The van der Waals surface area contributed by atoms with Crippen molar-refractivity contribution in [3.63, 3.8) is 0 Å². The van der Waals surface area contributed by atoms with Crippen LogP contribution in [-0.4, -0.2) is 12.5 Å². The van der Waals surface area contributed by atoms with Crippen molar-refractivity contribution in [3.8, 4) is 11.8 Å². The van der Waals surface area contributed by atoms with Crippen molar-refractivity contribution < 1.29 is 4.79 Å². The fourth-order valence-corrected chi connectivity index (χ4v) is 1.32. The summed E-state index contributed by atoms with van der Waals surface area (Å²) in [7, 11) is 0. The van der Waals surface area contributed by atoms with Gasteiger partial charge in [0.05, 0.1) is 6.42 Å². The van der Waals surface area contributed by atoms with Crippen LogP contribution < -0.4 is 11.1 Å². The van der Waals surface area contributed by atoms with E-state index < -0.39 is 0 Å². The third kappa shape index (κ3) is 4.05. The lowest BCUT2D eigenvalue weighted by Crippen LogP contribution is -2.26. The molecular formula is C13H16N2O. The maximum Gasteiger partial charge on any atom is 0.224 e. The minimum absolute atomic E-state index is 0.0178. The van der Waals surface area contributed by atoms with E-state index in [1.165, 1.54) is 0 Å². The fraction of sp³-hybridized carbons (Fsp3) is 0.308. The van der Waals surface area contributed by atoms with Crippen molar-refractivity contribution in [1.29, 1.82) is 0 Å². The summed E-state index contributed by atoms with van der Waals surface area (Å²) in [5.74, 6) is 5.65. The van der Waals surface area contributed by atoms with Gasteiger partial charge in [0, 0.05) is 18.7 Å². The first-order chi connectivity index (χ1) is 7.74. The zero-order chi connectivity index (χ0) is 11.8. The van der Waals surface area contributed by atoms with Crippen LogP contribution in [0.5, 0.6) is 0 Å². The highest BCUT2D eigenvalue weighted by molar-refractivity contribution is 5.80. The van der Waals surface area contributed by atoms with Gasteiger partial charge in [-0.1, -0.05) is 18.2 Å². The second-order valence-electron chi connectivity index (χ2n) is 3.40. The molecule has 0 unspecified atom stereocenters. The van der Waals surface area contributed by atoms with Gasteiger partial charge in [0.1, 0.15) is 0 Å². The molecular weight excluding hydrogens is 200 g/mol. The van der Waals surface area contributed by atoms with E-state index in [0.29, 0.717) is 25.1 Å². The van der Waals surface area contributed by atoms with Gasteiger partial charge in [-0.05, 0) is 18.6 Å². The second-order valence-corrected chi connectivity index (χ2v) is 3.40. The number of nitrogen functional groups attached to an aromatic ring is 1. The molecule has 84 valence electrons. The molecule has 1 aromatic rings. The SMILES string of the molecule is CC#CCCNC(=O)Cc1ccccc1N. The van der Waals surface area contributed by atoms with Crippen molar-refractivity contribution in [3.05, 3.63) is 29.8 Å². The highest BCUT2D eigenvalue weighted by Crippen LogP contribution is 2.10. The molecule has 3 nitrogen and oxygen atoms in total. The summed E-state index contributed by atoms with van der Waals surface area (Å²) in [6.45, 7) is 2.37. The number of carbonyl (C=O) groups excluding carboxylic acids is 1. The summed E-state index contributed by atoms with van der Waals surface area (Å²) in [4.78, 5) is 11.5. The van der Waals surface area contributed by atoms with E-state index in [0.717, 1.165) is 5.56 Å². The molecule has 1 amide bonds. The number of hydrogen-bond acceptors (Lipinski definition) is 2. The second kappa shape index (κ2) is 6.52. The number of anilines is 1. The number of nitrogens with two attached hydrogens (primary N) is 1. The summed E-state index contributed by atoms with van der Waals surface area (Å²) in [6.07, 6.45) is 1.01. The number of hydrogen-bond donors (Lipinski definition) is 2. The number of nitrogens with one attached hydrogen (secondary N) is 1. The zero-order valence-corrected chi connectivity index (χ0v) is 9.42. The van der Waals surface area contributed by atoms with E-state index in [1.54, 1.807) is 13.0 Å². The largest absolute Gasteiger partial charge is 0.398 e. The van der Waals surface area contributed by atoms with Crippen LogP contribution in [0.15, 0.2) is 24.3 Å². The Morgan fingerprint density at radius 3 is 2.88 bits per heavy atom. The molecule has 0 fully saturated rings. The number of rotatable bonds is 4. The van der Waals surface area contributed by atoms with Crippen LogP contribution in [0.3, 0.4) is 0 Å². The van der Waals surface area contributed by atoms with Crippen molar-refractivity contribution in [2.24, 2.45) is 0 Å². The molecule has 0 spiro atoms. The minimum Gasteiger partial charge on any atom is -0.398 e. The molecule has 0 aliphatic rings. The maximum atomic E-state index is 11.5. The molecule has 0 aliphatic carbocycles. The van der Waals surface area contributed by atoms with E-state index >= 15 is 0 Å². The van der Waals surface area contributed by atoms with E-state index in [2.05, 4.69) is 17.2 Å². The smallest absolute Gasteiger partial charge is 0.224 e. The zero-order valence-electron chi connectivity index (χ0n) is 9.42. The molecule has 1 aromatic carbocycles. The Bertz CT molecular complexity index is 415. The molecule has 0 aliphatic heterocycles. The molecule has 0 saturated heterocycles. The summed E-state index contributed by atoms with van der Waals surface area (Å²) in [6, 6.07) is 7.39. The molecule has 0 atom stereocenters. The minimum atomic E-state index is -0.0178. The van der Waals surface area contributed by atoms with Crippen molar-refractivity contribution in [1.82, 2.24) is 5.32 Å². The topological polar surface area (TPSA) is 55.1 Å². The number of carbonyl (C=O) groups is 1. The van der Waals surface area contributed by atoms with Gasteiger partial charge >= 0.3 is 0 Å². The normalized spacial score (nSPS) is 9.06. The molecule has 3 heteroatoms. The van der Waals surface area contributed by atoms with E-state index in [-0.39, 0.29) is 5.91 Å². The van der Waals surface area contributed by atoms with E-state index in [9.17, 15) is 4.79 Å². The Hall–Kier alpha value is -1.95. The molecule has 1 rings (SSSR count). The van der Waals surface area contributed by atoms with Gasteiger partial charge in [0.25, 0.3) is 0 Å². The lowest BCUT2D eigenvalue weighted by Gasteiger charge is -2.05. The van der Waals surface area contributed by atoms with E-state index in [4.69, 9.17) is 5.73 Å². The molecule has 3 N–H and O–H groups in total. The predicted molar refractivity (Wildman–Crippen MR) is 65.6 cm³/mol. The third-order valence-corrected chi connectivity index (χ3v) is 2.16. The lowest BCUT2D eigenvalue weighted by molar-refractivity contribution is -0.120. The standard InChI is InChI=1S/C13H16N2O/c1-2-3-6-9-15-13(16)10-11-7-4-5-8-12(11)14/h4-5,7-8H,6,9-10,14H2,1H3,(H,15,16). The van der Waals surface area contributed by atoms with Gasteiger partial charge in [0.15, 0.2) is 0 Å². The Labute approximate surface area is 96.0 Å². The van der Waals surface area contributed by atoms with Gasteiger partial charge in [-0.25, -0.2) is 0 Å². The van der Waals surface area contributed by atoms with Gasteiger partial charge in [-0.2, -0.15) is 0 Å². The molecule has 0 heterocycles. The first kappa shape index (κ1) is 12.1. The number of amides is 1. The maximum absolute atomic E-state index is 11.5. The van der Waals surface area contributed by atoms with Crippen LogP contribution >= 0.6 is 0 Å². The Balaban J connectivity index is 2.39. The molecule has 0 radical (unpaired) electrons. The van der Waals surface area contributed by atoms with Gasteiger partial charge in [-0.15, -0.1) is 11.8 Å². The lowest BCUT2D eigenvalue weighted by atomic mass is 10.1. The van der Waals surface area contributed by atoms with Crippen LogP contribution in [0.4, 0.5) is 5.69 Å². The van der Waals surface area contributed by atoms with Crippen LogP contribution in [0.1, 0.15) is 18.9 Å². The average Bonchev–Trinajstić information content (AvgIpc) is 2.28. The highest BCUT2D eigenvalue weighted by atomic mass is 16.1. The molecule has 0 bridgehead atoms. The highest BCUT2D eigenvalue weighted by Gasteiger charge is 2.04. The quantitative estimate of drug-likeness (QED) is 0.453. The number of para-hydroxylation sites is 1. The monoisotopic (exact) mass is 216 g/mol. The fourth-order valence-electron chi connectivity index (χ4n) is 1.32. The Morgan fingerprint density at radius 1 is 1.44 bits per heavy atom. The predicted octanol–water partition coefficient (Wildman–Crippen LogP) is 1.34. The Morgan fingerprint density at radius 2 is 2.19 bits per heavy atom. The first-order valence-electron chi connectivity index (χ1n) is 5.23. The molecule has 16 heavy (non-hydrogen) atoms.